The first kappa shape index (κ1) is 18.3. The van der Waals surface area contributed by atoms with Gasteiger partial charge in [0.1, 0.15) is 6.10 Å². The van der Waals surface area contributed by atoms with Crippen molar-refractivity contribution in [3.05, 3.63) is 23.2 Å². The van der Waals surface area contributed by atoms with Crippen molar-refractivity contribution in [3.63, 3.8) is 0 Å². The summed E-state index contributed by atoms with van der Waals surface area (Å²) in [6, 6.07) is 0. The number of hydrogen-bond acceptors (Lipinski definition) is 4. The summed E-state index contributed by atoms with van der Waals surface area (Å²) in [5.74, 6) is 1.61. The van der Waals surface area contributed by atoms with E-state index in [9.17, 15) is 14.8 Å². The highest BCUT2D eigenvalue weighted by Gasteiger charge is 2.57. The van der Waals surface area contributed by atoms with Crippen LogP contribution in [0.1, 0.15) is 65.7 Å². The third-order valence-corrected chi connectivity index (χ3v) is 8.31. The van der Waals surface area contributed by atoms with Crippen LogP contribution in [0.4, 0.5) is 0 Å². The highest BCUT2D eigenvalue weighted by molar-refractivity contribution is 6.51. The summed E-state index contributed by atoms with van der Waals surface area (Å²) in [5.41, 5.74) is 2.49. The molecule has 6 atom stereocenters. The van der Waals surface area contributed by atoms with E-state index in [0.29, 0.717) is 17.8 Å². The molecule has 4 aliphatic rings. The number of ether oxygens (including phenoxy) is 1. The number of carbonyl (C=O) groups excluding carboxylic acids is 1. The highest BCUT2D eigenvalue weighted by atomic mass is 16.5. The average Bonchev–Trinajstić information content (AvgIpc) is 2.92. The van der Waals surface area contributed by atoms with E-state index in [0.717, 1.165) is 50.4 Å². The lowest BCUT2D eigenvalue weighted by molar-refractivity contribution is -0.148. The van der Waals surface area contributed by atoms with Crippen LogP contribution in [-0.2, 0) is 9.53 Å². The summed E-state index contributed by atoms with van der Waals surface area (Å²) in [7, 11) is -1.31. The van der Waals surface area contributed by atoms with E-state index >= 15 is 0 Å². The molecule has 2 N–H and O–H groups in total. The average molecular weight is 358 g/mol. The van der Waals surface area contributed by atoms with E-state index in [2.05, 4.69) is 26.0 Å². The molecule has 0 aromatic rings. The number of hydrogen-bond donors (Lipinski definition) is 2. The smallest absolute Gasteiger partial charge is 0.462 e. The summed E-state index contributed by atoms with van der Waals surface area (Å²) >= 11 is 0. The standard InChI is InChI=1S/C21H31BO4/c1-13(23)26-15-8-10-20(2)14(12-15)4-5-16-17-6-7-19(22(24)25)21(17,3)11-9-18(16)20/h4,7,15-18,24-25H,5-6,8-12H2,1-3H3. The van der Waals surface area contributed by atoms with Crippen LogP contribution in [-0.4, -0.2) is 29.2 Å². The van der Waals surface area contributed by atoms with Gasteiger partial charge >= 0.3 is 13.1 Å². The Kier molecular flexibility index (Phi) is 4.39. The summed E-state index contributed by atoms with van der Waals surface area (Å²) in [5, 5.41) is 19.7. The van der Waals surface area contributed by atoms with Crippen molar-refractivity contribution in [3.8, 4) is 0 Å². The molecular weight excluding hydrogens is 327 g/mol. The molecule has 4 rings (SSSR count). The van der Waals surface area contributed by atoms with Gasteiger partial charge in [0.25, 0.3) is 0 Å². The molecule has 0 aliphatic heterocycles. The van der Waals surface area contributed by atoms with Crippen molar-refractivity contribution in [2.75, 3.05) is 0 Å². The lowest BCUT2D eigenvalue weighted by Gasteiger charge is -2.57. The molecule has 142 valence electrons. The van der Waals surface area contributed by atoms with Crippen LogP contribution in [0.5, 0.6) is 0 Å². The lowest BCUT2D eigenvalue weighted by atomic mass is 9.45. The molecule has 0 radical (unpaired) electrons. The van der Waals surface area contributed by atoms with Gasteiger partial charge in [-0.1, -0.05) is 31.6 Å². The number of allylic oxidation sites excluding steroid dienone is 3. The van der Waals surface area contributed by atoms with Crippen LogP contribution in [0.2, 0.25) is 0 Å². The van der Waals surface area contributed by atoms with Crippen molar-refractivity contribution >= 4 is 13.1 Å². The quantitative estimate of drug-likeness (QED) is 0.451. The van der Waals surface area contributed by atoms with E-state index in [1.807, 2.05) is 0 Å². The molecule has 2 fully saturated rings. The molecular formula is C21H31BO4. The van der Waals surface area contributed by atoms with Gasteiger partial charge in [-0.2, -0.15) is 0 Å². The van der Waals surface area contributed by atoms with Crippen LogP contribution in [0.15, 0.2) is 23.2 Å². The Bertz CT molecular complexity index is 669. The third kappa shape index (κ3) is 2.62. The van der Waals surface area contributed by atoms with Crippen molar-refractivity contribution in [1.29, 1.82) is 0 Å². The Morgan fingerprint density at radius 3 is 2.54 bits per heavy atom. The summed E-state index contributed by atoms with van der Waals surface area (Å²) in [6.45, 7) is 6.17. The van der Waals surface area contributed by atoms with E-state index < -0.39 is 7.12 Å². The molecule has 4 aliphatic carbocycles. The van der Waals surface area contributed by atoms with Gasteiger partial charge in [0.15, 0.2) is 0 Å². The fourth-order valence-corrected chi connectivity index (χ4v) is 6.96. The van der Waals surface area contributed by atoms with Gasteiger partial charge in [-0.3, -0.25) is 4.79 Å². The maximum atomic E-state index is 11.3. The first-order valence-electron chi connectivity index (χ1n) is 10.2. The second-order valence-electron chi connectivity index (χ2n) is 9.46. The van der Waals surface area contributed by atoms with Gasteiger partial charge in [-0.25, -0.2) is 0 Å². The van der Waals surface area contributed by atoms with Gasteiger partial charge < -0.3 is 14.8 Å². The third-order valence-electron chi connectivity index (χ3n) is 8.31. The first-order chi connectivity index (χ1) is 12.3. The van der Waals surface area contributed by atoms with Crippen LogP contribution >= 0.6 is 0 Å². The molecule has 0 saturated heterocycles. The molecule has 0 aromatic carbocycles. The predicted octanol–water partition coefficient (Wildman–Crippen LogP) is 3.43. The zero-order chi connectivity index (χ0) is 18.7. The van der Waals surface area contributed by atoms with Crippen LogP contribution in [0, 0.1) is 28.6 Å². The molecule has 0 heterocycles. The Balaban J connectivity index is 1.58. The maximum Gasteiger partial charge on any atom is 0.484 e. The van der Waals surface area contributed by atoms with Crippen molar-refractivity contribution in [1.82, 2.24) is 0 Å². The van der Waals surface area contributed by atoms with E-state index in [4.69, 9.17) is 4.74 Å². The number of carbonyl (C=O) groups is 1. The van der Waals surface area contributed by atoms with Crippen LogP contribution < -0.4 is 0 Å². The number of esters is 1. The van der Waals surface area contributed by atoms with Gasteiger partial charge in [0.05, 0.1) is 0 Å². The zero-order valence-corrected chi connectivity index (χ0v) is 16.2. The van der Waals surface area contributed by atoms with E-state index in [1.54, 1.807) is 0 Å². The molecule has 6 unspecified atom stereocenters. The highest BCUT2D eigenvalue weighted by Crippen LogP contribution is 2.65. The van der Waals surface area contributed by atoms with Crippen LogP contribution in [0.25, 0.3) is 0 Å². The summed E-state index contributed by atoms with van der Waals surface area (Å²) in [6.07, 6.45) is 11.7. The second kappa shape index (κ2) is 6.24. The van der Waals surface area contributed by atoms with Gasteiger partial charge in [-0.15, -0.1) is 0 Å². The zero-order valence-electron chi connectivity index (χ0n) is 16.2. The Labute approximate surface area is 156 Å². The van der Waals surface area contributed by atoms with Crippen LogP contribution in [0.3, 0.4) is 0 Å². The molecule has 26 heavy (non-hydrogen) atoms. The summed E-state index contributed by atoms with van der Waals surface area (Å²) < 4.78 is 5.50. The minimum absolute atomic E-state index is 0.0431. The summed E-state index contributed by atoms with van der Waals surface area (Å²) in [4.78, 5) is 11.3. The van der Waals surface area contributed by atoms with Crippen molar-refractivity contribution < 1.29 is 19.6 Å². The molecule has 4 nitrogen and oxygen atoms in total. The Hall–Kier alpha value is -1.07. The first-order valence-corrected chi connectivity index (χ1v) is 10.2. The van der Waals surface area contributed by atoms with E-state index in [1.165, 1.54) is 12.5 Å². The van der Waals surface area contributed by atoms with Crippen molar-refractivity contribution in [2.24, 2.45) is 28.6 Å². The molecule has 5 heteroatoms. The minimum atomic E-state index is -1.31. The Morgan fingerprint density at radius 2 is 1.85 bits per heavy atom. The van der Waals surface area contributed by atoms with Gasteiger partial charge in [0, 0.05) is 13.3 Å². The number of rotatable bonds is 2. The number of fused-ring (bicyclic) bond motifs is 5. The maximum absolute atomic E-state index is 11.3. The largest absolute Gasteiger partial charge is 0.484 e. The molecule has 0 amide bonds. The normalized spacial score (nSPS) is 44.2. The molecule has 2 saturated carbocycles. The lowest BCUT2D eigenvalue weighted by Crippen LogP contribution is -2.51. The minimum Gasteiger partial charge on any atom is -0.462 e. The van der Waals surface area contributed by atoms with Crippen molar-refractivity contribution in [2.45, 2.75) is 71.8 Å². The molecule has 0 aromatic heterocycles. The molecule has 0 spiro atoms. The molecule has 0 bridgehead atoms. The second-order valence-corrected chi connectivity index (χ2v) is 9.46. The van der Waals surface area contributed by atoms with Gasteiger partial charge in [0.2, 0.25) is 0 Å². The topological polar surface area (TPSA) is 66.8 Å². The SMILES string of the molecule is CC(=O)OC1CCC2(C)C(=CCC3C2CCC2(C)C(B(O)O)=CCC32)C1. The Morgan fingerprint density at radius 1 is 1.12 bits per heavy atom. The monoisotopic (exact) mass is 358 g/mol. The van der Waals surface area contributed by atoms with Gasteiger partial charge in [-0.05, 0) is 72.6 Å². The fraction of sp³-hybridized carbons (Fsp3) is 0.762. The van der Waals surface area contributed by atoms with E-state index in [-0.39, 0.29) is 22.9 Å². The fourth-order valence-electron chi connectivity index (χ4n) is 6.96. The predicted molar refractivity (Wildman–Crippen MR) is 101 cm³/mol.